The lowest BCUT2D eigenvalue weighted by atomic mass is 9.99. The van der Waals surface area contributed by atoms with Crippen LogP contribution in [0, 0.1) is 0 Å². The molecule has 0 spiro atoms. The second-order valence-electron chi connectivity index (χ2n) is 8.11. The average Bonchev–Trinajstić information content (AvgIpc) is 2.85. The summed E-state index contributed by atoms with van der Waals surface area (Å²) in [5.41, 5.74) is 2.52. The van der Waals surface area contributed by atoms with Crippen LogP contribution in [0.1, 0.15) is 80.8 Å². The minimum absolute atomic E-state index is 0.185. The van der Waals surface area contributed by atoms with Gasteiger partial charge in [0.15, 0.2) is 12.4 Å². The van der Waals surface area contributed by atoms with E-state index in [-0.39, 0.29) is 11.5 Å². The molecular weight excluding hydrogens is 428 g/mol. The van der Waals surface area contributed by atoms with Gasteiger partial charge in [-0.15, -0.1) is 0 Å². The fourth-order valence-corrected chi connectivity index (χ4v) is 3.61. The topological polar surface area (TPSA) is 72.8 Å². The van der Waals surface area contributed by atoms with Crippen molar-refractivity contribution in [2.45, 2.75) is 65.7 Å². The van der Waals surface area contributed by atoms with Gasteiger partial charge in [0.25, 0.3) is 0 Å². The highest BCUT2D eigenvalue weighted by atomic mass is 16.5. The predicted molar refractivity (Wildman–Crippen MR) is 137 cm³/mol. The molecule has 0 radical (unpaired) electrons. The smallest absolute Gasteiger partial charge is 0.341 e. The second-order valence-corrected chi connectivity index (χ2v) is 8.11. The third kappa shape index (κ3) is 8.89. The van der Waals surface area contributed by atoms with Crippen LogP contribution in [0.4, 0.5) is 0 Å². The van der Waals surface area contributed by atoms with E-state index in [1.54, 1.807) is 18.2 Å². The van der Waals surface area contributed by atoms with Gasteiger partial charge in [-0.05, 0) is 55.2 Å². The quantitative estimate of drug-likeness (QED) is 0.130. The number of aryl methyl sites for hydroxylation is 1. The van der Waals surface area contributed by atoms with Crippen LogP contribution in [0.5, 0.6) is 11.5 Å². The number of allylic oxidation sites excluding steroid dienone is 3. The van der Waals surface area contributed by atoms with Crippen LogP contribution in [0.2, 0.25) is 0 Å². The van der Waals surface area contributed by atoms with Crippen molar-refractivity contribution < 1.29 is 24.2 Å². The largest absolute Gasteiger partial charge is 0.481 e. The summed E-state index contributed by atoms with van der Waals surface area (Å²) >= 11 is 0. The standard InChI is InChI=1S/C29H36O5/c1-4-7-8-9-10-13-22-14-11-12-15-23(22)16-19-27(30)26-18-17-25(34-24(5-2)6-3)20-28(26)33-21-29(31)32/h5,11-12,14-20H,4,6-10,13,21H2,1-3H3,(H,31,32). The first-order valence-electron chi connectivity index (χ1n) is 12.1. The van der Waals surface area contributed by atoms with E-state index in [9.17, 15) is 9.59 Å². The second kappa shape index (κ2) is 14.7. The van der Waals surface area contributed by atoms with Gasteiger partial charge < -0.3 is 14.6 Å². The Labute approximate surface area is 203 Å². The van der Waals surface area contributed by atoms with Crippen molar-refractivity contribution in [2.75, 3.05) is 6.61 Å². The van der Waals surface area contributed by atoms with Gasteiger partial charge in [-0.3, -0.25) is 4.79 Å². The number of rotatable bonds is 15. The van der Waals surface area contributed by atoms with Gasteiger partial charge in [0.2, 0.25) is 0 Å². The number of aliphatic carboxylic acids is 1. The molecule has 0 aliphatic heterocycles. The van der Waals surface area contributed by atoms with E-state index in [0.29, 0.717) is 17.7 Å². The van der Waals surface area contributed by atoms with E-state index in [1.807, 2.05) is 44.2 Å². The number of hydrogen-bond donors (Lipinski definition) is 1. The van der Waals surface area contributed by atoms with Crippen LogP contribution in [0.15, 0.2) is 60.4 Å². The molecule has 1 N–H and O–H groups in total. The maximum absolute atomic E-state index is 13.0. The fraction of sp³-hybridized carbons (Fsp3) is 0.379. The third-order valence-electron chi connectivity index (χ3n) is 5.51. The Morgan fingerprint density at radius 2 is 1.76 bits per heavy atom. The Morgan fingerprint density at radius 3 is 2.47 bits per heavy atom. The summed E-state index contributed by atoms with van der Waals surface area (Å²) in [6.45, 7) is 5.52. The molecular formula is C29H36O5. The van der Waals surface area contributed by atoms with Gasteiger partial charge in [0, 0.05) is 12.5 Å². The van der Waals surface area contributed by atoms with Crippen molar-refractivity contribution >= 4 is 17.8 Å². The number of ether oxygens (including phenoxy) is 2. The van der Waals surface area contributed by atoms with Crippen LogP contribution in [0.25, 0.3) is 6.08 Å². The third-order valence-corrected chi connectivity index (χ3v) is 5.51. The van der Waals surface area contributed by atoms with Crippen molar-refractivity contribution in [1.82, 2.24) is 0 Å². The molecule has 0 aliphatic rings. The summed E-state index contributed by atoms with van der Waals surface area (Å²) in [6.07, 6.45) is 13.0. The summed E-state index contributed by atoms with van der Waals surface area (Å²) in [7, 11) is 0. The lowest BCUT2D eigenvalue weighted by Crippen LogP contribution is -2.12. The van der Waals surface area contributed by atoms with Crippen LogP contribution in [0.3, 0.4) is 0 Å². The van der Waals surface area contributed by atoms with Gasteiger partial charge in [-0.1, -0.05) is 69.9 Å². The van der Waals surface area contributed by atoms with E-state index in [2.05, 4.69) is 13.0 Å². The molecule has 34 heavy (non-hydrogen) atoms. The van der Waals surface area contributed by atoms with E-state index < -0.39 is 12.6 Å². The Kier molecular flexibility index (Phi) is 11.7. The van der Waals surface area contributed by atoms with Gasteiger partial charge in [0.05, 0.1) is 11.3 Å². The highest BCUT2D eigenvalue weighted by Gasteiger charge is 2.14. The number of ketones is 1. The first-order valence-corrected chi connectivity index (χ1v) is 12.1. The fourth-order valence-electron chi connectivity index (χ4n) is 3.61. The molecule has 5 nitrogen and oxygen atoms in total. The van der Waals surface area contributed by atoms with Crippen molar-refractivity contribution in [2.24, 2.45) is 0 Å². The van der Waals surface area contributed by atoms with E-state index in [1.165, 1.54) is 37.3 Å². The molecule has 0 fully saturated rings. The number of benzene rings is 2. The van der Waals surface area contributed by atoms with E-state index in [4.69, 9.17) is 14.6 Å². The SMILES string of the molecule is CC=C(CC)Oc1ccc(C(=O)C=Cc2ccccc2CCCCCCC)c(OCC(=O)O)c1. The minimum atomic E-state index is -1.11. The predicted octanol–water partition coefficient (Wildman–Crippen LogP) is 7.25. The molecule has 0 aromatic heterocycles. The Hall–Kier alpha value is -3.34. The maximum atomic E-state index is 13.0. The molecule has 5 heteroatoms. The number of carbonyl (C=O) groups is 2. The molecule has 0 heterocycles. The van der Waals surface area contributed by atoms with E-state index in [0.717, 1.165) is 24.2 Å². The molecule has 2 aromatic rings. The normalized spacial score (nSPS) is 11.6. The molecule has 0 amide bonds. The highest BCUT2D eigenvalue weighted by Crippen LogP contribution is 2.28. The zero-order valence-electron chi connectivity index (χ0n) is 20.5. The lowest BCUT2D eigenvalue weighted by molar-refractivity contribution is -0.139. The number of unbranched alkanes of at least 4 members (excludes halogenated alkanes) is 4. The Morgan fingerprint density at radius 1 is 1.00 bits per heavy atom. The van der Waals surface area contributed by atoms with Crippen LogP contribution < -0.4 is 9.47 Å². The molecule has 0 saturated carbocycles. The molecule has 2 aromatic carbocycles. The molecule has 0 saturated heterocycles. The van der Waals surface area contributed by atoms with Gasteiger partial charge in [-0.2, -0.15) is 0 Å². The van der Waals surface area contributed by atoms with Gasteiger partial charge in [0.1, 0.15) is 11.5 Å². The van der Waals surface area contributed by atoms with Crippen LogP contribution >= 0.6 is 0 Å². The summed E-state index contributed by atoms with van der Waals surface area (Å²) < 4.78 is 11.2. The molecule has 0 atom stereocenters. The average molecular weight is 465 g/mol. The molecule has 0 unspecified atom stereocenters. The van der Waals surface area contributed by atoms with Gasteiger partial charge >= 0.3 is 5.97 Å². The molecule has 0 bridgehead atoms. The first-order chi connectivity index (χ1) is 16.5. The summed E-state index contributed by atoms with van der Waals surface area (Å²) in [6, 6.07) is 13.0. The molecule has 2 rings (SSSR count). The summed E-state index contributed by atoms with van der Waals surface area (Å²) in [4.78, 5) is 24.0. The van der Waals surface area contributed by atoms with Crippen molar-refractivity contribution in [3.8, 4) is 11.5 Å². The molecule has 182 valence electrons. The van der Waals surface area contributed by atoms with Crippen molar-refractivity contribution in [1.29, 1.82) is 0 Å². The number of carboxylic acid groups (broad SMARTS) is 1. The van der Waals surface area contributed by atoms with E-state index >= 15 is 0 Å². The number of carbonyl (C=O) groups excluding carboxylic acids is 1. The van der Waals surface area contributed by atoms with Crippen LogP contribution in [-0.2, 0) is 11.2 Å². The van der Waals surface area contributed by atoms with Crippen LogP contribution in [-0.4, -0.2) is 23.5 Å². The number of hydrogen-bond acceptors (Lipinski definition) is 4. The van der Waals surface area contributed by atoms with Gasteiger partial charge in [-0.25, -0.2) is 4.79 Å². The minimum Gasteiger partial charge on any atom is -0.481 e. The molecule has 0 aliphatic carbocycles. The number of carboxylic acids is 1. The summed E-state index contributed by atoms with van der Waals surface area (Å²) in [5, 5.41) is 9.03. The van der Waals surface area contributed by atoms with Crippen molar-refractivity contribution in [3.63, 3.8) is 0 Å². The Balaban J connectivity index is 2.20. The zero-order chi connectivity index (χ0) is 24.8. The zero-order valence-corrected chi connectivity index (χ0v) is 20.5. The Bertz CT molecular complexity index is 1000. The summed E-state index contributed by atoms with van der Waals surface area (Å²) in [5.74, 6) is 0.0753. The maximum Gasteiger partial charge on any atom is 0.341 e. The highest BCUT2D eigenvalue weighted by molar-refractivity contribution is 6.08. The van der Waals surface area contributed by atoms with Crippen molar-refractivity contribution in [3.05, 3.63) is 77.1 Å². The lowest BCUT2D eigenvalue weighted by Gasteiger charge is -2.12. The monoisotopic (exact) mass is 464 g/mol. The first kappa shape index (κ1) is 26.9.